The molecule has 0 saturated carbocycles. The molecule has 0 atom stereocenters. The zero-order chi connectivity index (χ0) is 20.5. The van der Waals surface area contributed by atoms with E-state index in [2.05, 4.69) is 16.1 Å². The predicted octanol–water partition coefficient (Wildman–Crippen LogP) is 4.56. The molecule has 30 heavy (non-hydrogen) atoms. The predicted molar refractivity (Wildman–Crippen MR) is 119 cm³/mol. The van der Waals surface area contributed by atoms with Crippen LogP contribution in [0.5, 0.6) is 5.75 Å². The molecule has 3 aromatic carbocycles. The summed E-state index contributed by atoms with van der Waals surface area (Å²) in [5, 5.41) is 16.7. The number of phenolic OH excluding ortho intramolecular Hbond substituents is 1. The second-order valence-electron chi connectivity index (χ2n) is 7.24. The first-order valence-corrected chi connectivity index (χ1v) is 9.82. The number of aryl methyl sites for hydroxylation is 2. The summed E-state index contributed by atoms with van der Waals surface area (Å²) < 4.78 is 1.49. The number of hydrogen-bond donors (Lipinski definition) is 1. The molecule has 0 aliphatic carbocycles. The zero-order valence-corrected chi connectivity index (χ0v) is 16.2. The van der Waals surface area contributed by atoms with Gasteiger partial charge >= 0.3 is 0 Å². The molecule has 0 fully saturated rings. The van der Waals surface area contributed by atoms with E-state index in [-0.39, 0.29) is 11.3 Å². The molecule has 0 spiro atoms. The average Bonchev–Trinajstić information content (AvgIpc) is 2.78. The summed E-state index contributed by atoms with van der Waals surface area (Å²) in [6, 6.07) is 24.6. The highest BCUT2D eigenvalue weighted by Crippen LogP contribution is 2.28. The van der Waals surface area contributed by atoms with Crippen LogP contribution in [0.2, 0.25) is 0 Å². The van der Waals surface area contributed by atoms with Crippen molar-refractivity contribution in [2.45, 2.75) is 13.0 Å². The van der Waals surface area contributed by atoms with Crippen LogP contribution >= 0.6 is 0 Å². The highest BCUT2D eigenvalue weighted by atomic mass is 16.3. The number of nitrogens with zero attached hydrogens (tertiary/aromatic N) is 3. The fourth-order valence-electron chi connectivity index (χ4n) is 3.76. The largest absolute Gasteiger partial charge is 0.508 e. The normalized spacial score (nSPS) is 11.2. The van der Waals surface area contributed by atoms with Crippen LogP contribution in [0.4, 0.5) is 0 Å². The van der Waals surface area contributed by atoms with Crippen molar-refractivity contribution < 1.29 is 5.11 Å². The van der Waals surface area contributed by atoms with Crippen LogP contribution in [0.25, 0.3) is 32.8 Å². The number of phenols is 1. The Morgan fingerprint density at radius 1 is 0.867 bits per heavy atom. The minimum absolute atomic E-state index is 0.129. The Bertz CT molecular complexity index is 1440. The van der Waals surface area contributed by atoms with Crippen molar-refractivity contribution in [2.24, 2.45) is 0 Å². The van der Waals surface area contributed by atoms with E-state index < -0.39 is 0 Å². The van der Waals surface area contributed by atoms with Gasteiger partial charge in [-0.05, 0) is 41.5 Å². The molecule has 5 nitrogen and oxygen atoms in total. The molecular formula is C25H19N3O2. The van der Waals surface area contributed by atoms with E-state index >= 15 is 0 Å². The van der Waals surface area contributed by atoms with Crippen molar-refractivity contribution in [3.63, 3.8) is 0 Å². The number of fused-ring (bicyclic) bond motifs is 2. The maximum Gasteiger partial charge on any atom is 0.274 e. The molecule has 5 heteroatoms. The molecule has 0 aliphatic rings. The van der Waals surface area contributed by atoms with Crippen LogP contribution in [0.15, 0.2) is 89.9 Å². The number of hydrogen-bond acceptors (Lipinski definition) is 4. The lowest BCUT2D eigenvalue weighted by atomic mass is 10.00. The number of pyridine rings is 1. The Kier molecular flexibility index (Phi) is 4.48. The minimum atomic E-state index is -0.129. The van der Waals surface area contributed by atoms with E-state index in [1.54, 1.807) is 24.4 Å². The van der Waals surface area contributed by atoms with Gasteiger partial charge in [-0.1, -0.05) is 48.5 Å². The van der Waals surface area contributed by atoms with E-state index in [4.69, 9.17) is 0 Å². The van der Waals surface area contributed by atoms with Crippen molar-refractivity contribution in [1.29, 1.82) is 0 Å². The molecule has 0 amide bonds. The lowest BCUT2D eigenvalue weighted by Crippen LogP contribution is -2.24. The zero-order valence-electron chi connectivity index (χ0n) is 16.2. The number of benzene rings is 3. The fraction of sp³-hybridized carbons (Fsp3) is 0.0800. The fourth-order valence-corrected chi connectivity index (χ4v) is 3.76. The second-order valence-corrected chi connectivity index (χ2v) is 7.24. The third-order valence-electron chi connectivity index (χ3n) is 5.29. The Balaban J connectivity index is 1.48. The first-order chi connectivity index (χ1) is 14.7. The van der Waals surface area contributed by atoms with Crippen LogP contribution < -0.4 is 5.56 Å². The van der Waals surface area contributed by atoms with Gasteiger partial charge in [0.15, 0.2) is 0 Å². The Hall–Kier alpha value is -3.99. The van der Waals surface area contributed by atoms with Gasteiger partial charge in [-0.25, -0.2) is 4.68 Å². The average molecular weight is 393 g/mol. The molecule has 5 rings (SSSR count). The van der Waals surface area contributed by atoms with E-state index in [1.807, 2.05) is 54.6 Å². The molecule has 0 bridgehead atoms. The van der Waals surface area contributed by atoms with E-state index in [9.17, 15) is 9.90 Å². The monoisotopic (exact) mass is 393 g/mol. The Morgan fingerprint density at radius 2 is 1.73 bits per heavy atom. The molecule has 146 valence electrons. The summed E-state index contributed by atoms with van der Waals surface area (Å²) in [7, 11) is 0. The summed E-state index contributed by atoms with van der Waals surface area (Å²) in [4.78, 5) is 17.7. The Morgan fingerprint density at radius 3 is 2.63 bits per heavy atom. The quantitative estimate of drug-likeness (QED) is 0.486. The summed E-state index contributed by atoms with van der Waals surface area (Å²) >= 11 is 0. The maximum absolute atomic E-state index is 13.0. The van der Waals surface area contributed by atoms with Crippen LogP contribution in [-0.4, -0.2) is 19.9 Å². The van der Waals surface area contributed by atoms with Gasteiger partial charge < -0.3 is 5.11 Å². The summed E-state index contributed by atoms with van der Waals surface area (Å²) in [5.41, 5.74) is 3.46. The van der Waals surface area contributed by atoms with Gasteiger partial charge in [0.2, 0.25) is 0 Å². The molecule has 2 aromatic heterocycles. The van der Waals surface area contributed by atoms with Crippen molar-refractivity contribution in [1.82, 2.24) is 14.8 Å². The van der Waals surface area contributed by atoms with Gasteiger partial charge in [0.1, 0.15) is 5.75 Å². The minimum Gasteiger partial charge on any atom is -0.508 e. The van der Waals surface area contributed by atoms with Crippen molar-refractivity contribution in [3.05, 3.63) is 101 Å². The van der Waals surface area contributed by atoms with Crippen LogP contribution in [-0.2, 0) is 13.0 Å². The van der Waals surface area contributed by atoms with Gasteiger partial charge in [0.05, 0.1) is 23.6 Å². The number of aromatic hydroxyl groups is 1. The van der Waals surface area contributed by atoms with Crippen LogP contribution in [0.3, 0.4) is 0 Å². The lowest BCUT2D eigenvalue weighted by Gasteiger charge is -2.10. The molecular weight excluding hydrogens is 374 g/mol. The van der Waals surface area contributed by atoms with E-state index in [0.717, 1.165) is 33.1 Å². The molecule has 0 radical (unpaired) electrons. The van der Waals surface area contributed by atoms with Crippen molar-refractivity contribution in [2.75, 3.05) is 0 Å². The molecule has 0 unspecified atom stereocenters. The molecule has 1 N–H and O–H groups in total. The highest BCUT2D eigenvalue weighted by Gasteiger charge is 2.10. The molecule has 5 aromatic rings. The standard InChI is InChI=1S/C25H19N3O2/c29-20-7-3-6-18(15-20)21-8-4-9-22-23(21)16-26-28(25(22)30)14-13-19-12-11-17-5-1-2-10-24(17)27-19/h1-12,15-16,29H,13-14H2. The van der Waals surface area contributed by atoms with Crippen molar-refractivity contribution in [3.8, 4) is 16.9 Å². The van der Waals surface area contributed by atoms with E-state index in [1.165, 1.54) is 4.68 Å². The SMILES string of the molecule is O=c1c2cccc(-c3cccc(O)c3)c2cnn1CCc1ccc2ccccc2n1. The lowest BCUT2D eigenvalue weighted by molar-refractivity contribution is 0.475. The number of para-hydroxylation sites is 1. The second kappa shape index (κ2) is 7.44. The Labute approximate surface area is 172 Å². The van der Waals surface area contributed by atoms with Gasteiger partial charge in [-0.2, -0.15) is 5.10 Å². The van der Waals surface area contributed by atoms with Gasteiger partial charge in [0, 0.05) is 22.9 Å². The van der Waals surface area contributed by atoms with E-state index in [0.29, 0.717) is 18.4 Å². The third-order valence-corrected chi connectivity index (χ3v) is 5.29. The summed E-state index contributed by atoms with van der Waals surface area (Å²) in [5.74, 6) is 0.189. The highest BCUT2D eigenvalue weighted by molar-refractivity contribution is 5.95. The third kappa shape index (κ3) is 3.31. The molecule has 0 saturated heterocycles. The number of rotatable bonds is 4. The molecule has 2 heterocycles. The molecule has 0 aliphatic heterocycles. The first-order valence-electron chi connectivity index (χ1n) is 9.82. The first kappa shape index (κ1) is 18.1. The van der Waals surface area contributed by atoms with Crippen LogP contribution in [0, 0.1) is 0 Å². The van der Waals surface area contributed by atoms with Gasteiger partial charge in [-0.15, -0.1) is 0 Å². The van der Waals surface area contributed by atoms with Crippen molar-refractivity contribution >= 4 is 21.7 Å². The number of aromatic nitrogens is 3. The van der Waals surface area contributed by atoms with Gasteiger partial charge in [0.25, 0.3) is 5.56 Å². The van der Waals surface area contributed by atoms with Crippen LogP contribution in [0.1, 0.15) is 5.69 Å². The van der Waals surface area contributed by atoms with Gasteiger partial charge in [-0.3, -0.25) is 9.78 Å². The summed E-state index contributed by atoms with van der Waals surface area (Å²) in [6.07, 6.45) is 2.35. The smallest absolute Gasteiger partial charge is 0.274 e. The summed E-state index contributed by atoms with van der Waals surface area (Å²) in [6.45, 7) is 0.455. The maximum atomic E-state index is 13.0. The topological polar surface area (TPSA) is 68.0 Å².